The Morgan fingerprint density at radius 3 is 2.38 bits per heavy atom. The zero-order valence-corrected chi connectivity index (χ0v) is 8.97. The smallest absolute Gasteiger partial charge is 0.0589 e. The van der Waals surface area contributed by atoms with E-state index < -0.39 is 0 Å². The van der Waals surface area contributed by atoms with Crippen LogP contribution in [0.5, 0.6) is 0 Å². The fraction of sp³-hybridized carbons (Fsp3) is 0.500. The summed E-state index contributed by atoms with van der Waals surface area (Å²) in [5.41, 5.74) is 6.93. The molecule has 0 saturated heterocycles. The third-order valence-corrected chi connectivity index (χ3v) is 2.23. The number of hydrogen-bond donors (Lipinski definition) is 1. The number of pyridine rings is 1. The minimum absolute atomic E-state index is 0.0286. The van der Waals surface area contributed by atoms with Crippen molar-refractivity contribution in [3.05, 3.63) is 29.0 Å². The highest BCUT2D eigenvalue weighted by molar-refractivity contribution is 6.30. The van der Waals surface area contributed by atoms with Crippen molar-refractivity contribution in [1.29, 1.82) is 0 Å². The van der Waals surface area contributed by atoms with Crippen LogP contribution < -0.4 is 5.73 Å². The topological polar surface area (TPSA) is 38.9 Å². The Bertz CT molecular complexity index is 274. The van der Waals surface area contributed by atoms with Gasteiger partial charge in [-0.15, -0.1) is 0 Å². The predicted molar refractivity (Wildman–Crippen MR) is 55.6 cm³/mol. The van der Waals surface area contributed by atoms with E-state index in [9.17, 15) is 0 Å². The highest BCUT2D eigenvalue weighted by Crippen LogP contribution is 2.29. The molecule has 0 aliphatic carbocycles. The maximum atomic E-state index is 6.02. The lowest BCUT2D eigenvalue weighted by molar-refractivity contribution is 0.321. The van der Waals surface area contributed by atoms with Gasteiger partial charge in [0.1, 0.15) is 0 Å². The van der Waals surface area contributed by atoms with Crippen molar-refractivity contribution in [3.63, 3.8) is 0 Å². The molecule has 1 heterocycles. The predicted octanol–water partition coefficient (Wildman–Crippen LogP) is 2.78. The highest BCUT2D eigenvalue weighted by atomic mass is 35.5. The molecule has 2 N–H and O–H groups in total. The van der Waals surface area contributed by atoms with E-state index in [-0.39, 0.29) is 11.5 Å². The first-order valence-corrected chi connectivity index (χ1v) is 4.66. The van der Waals surface area contributed by atoms with Gasteiger partial charge in [-0.2, -0.15) is 0 Å². The molecule has 13 heavy (non-hydrogen) atoms. The zero-order valence-electron chi connectivity index (χ0n) is 8.21. The van der Waals surface area contributed by atoms with Crippen LogP contribution >= 0.6 is 11.6 Å². The van der Waals surface area contributed by atoms with Crippen molar-refractivity contribution in [2.24, 2.45) is 11.1 Å². The summed E-state index contributed by atoms with van der Waals surface area (Å²) in [7, 11) is 0. The third-order valence-electron chi connectivity index (χ3n) is 2.00. The van der Waals surface area contributed by atoms with Crippen molar-refractivity contribution in [3.8, 4) is 0 Å². The van der Waals surface area contributed by atoms with Gasteiger partial charge in [-0.3, -0.25) is 4.98 Å². The molecule has 1 aromatic rings. The summed E-state index contributed by atoms with van der Waals surface area (Å²) >= 11 is 5.73. The van der Waals surface area contributed by atoms with E-state index in [0.29, 0.717) is 5.02 Å². The van der Waals surface area contributed by atoms with Crippen molar-refractivity contribution in [2.75, 3.05) is 0 Å². The molecule has 0 aliphatic rings. The van der Waals surface area contributed by atoms with Gasteiger partial charge >= 0.3 is 0 Å². The van der Waals surface area contributed by atoms with E-state index in [0.717, 1.165) is 5.69 Å². The lowest BCUT2D eigenvalue weighted by atomic mass is 9.85. The van der Waals surface area contributed by atoms with Crippen LogP contribution in [0.3, 0.4) is 0 Å². The fourth-order valence-electron chi connectivity index (χ4n) is 1.01. The largest absolute Gasteiger partial charge is 0.322 e. The number of nitrogens with zero attached hydrogens (tertiary/aromatic N) is 1. The first-order chi connectivity index (χ1) is 5.91. The van der Waals surface area contributed by atoms with Gasteiger partial charge in [0, 0.05) is 6.20 Å². The Labute approximate surface area is 84.1 Å². The number of nitrogens with two attached hydrogens (primary N) is 1. The molecule has 72 valence electrons. The fourth-order valence-corrected chi connectivity index (χ4v) is 1.13. The van der Waals surface area contributed by atoms with Crippen LogP contribution in [-0.2, 0) is 0 Å². The standard InChI is InChI=1S/C10H15ClN2/c1-10(2,3)9(12)8-5-4-7(11)6-13-8/h4-6,9H,12H2,1-3H3. The molecule has 0 aliphatic heterocycles. The second kappa shape index (κ2) is 3.64. The molecule has 1 atom stereocenters. The van der Waals surface area contributed by atoms with Gasteiger partial charge in [-0.1, -0.05) is 32.4 Å². The normalized spacial score (nSPS) is 14.2. The lowest BCUT2D eigenvalue weighted by Crippen LogP contribution is -2.26. The van der Waals surface area contributed by atoms with Crippen LogP contribution in [0.1, 0.15) is 32.5 Å². The molecule has 0 saturated carbocycles. The average Bonchev–Trinajstić information content (AvgIpc) is 2.03. The maximum absolute atomic E-state index is 6.02. The summed E-state index contributed by atoms with van der Waals surface area (Å²) in [6.07, 6.45) is 1.63. The van der Waals surface area contributed by atoms with E-state index in [4.69, 9.17) is 17.3 Å². The van der Waals surface area contributed by atoms with E-state index in [1.807, 2.05) is 12.1 Å². The number of halogens is 1. The van der Waals surface area contributed by atoms with Gasteiger partial charge < -0.3 is 5.73 Å². The quantitative estimate of drug-likeness (QED) is 0.754. The molecule has 0 aromatic carbocycles. The summed E-state index contributed by atoms with van der Waals surface area (Å²) < 4.78 is 0. The van der Waals surface area contributed by atoms with Crippen LogP contribution in [0.2, 0.25) is 5.02 Å². The van der Waals surface area contributed by atoms with Crippen LogP contribution in [-0.4, -0.2) is 4.98 Å². The molecule has 0 amide bonds. The molecule has 0 radical (unpaired) electrons. The SMILES string of the molecule is CC(C)(C)C(N)c1ccc(Cl)cn1. The molecule has 3 heteroatoms. The molecule has 0 spiro atoms. The molecular weight excluding hydrogens is 184 g/mol. The Morgan fingerprint density at radius 1 is 1.38 bits per heavy atom. The van der Waals surface area contributed by atoms with E-state index in [1.54, 1.807) is 6.20 Å². The summed E-state index contributed by atoms with van der Waals surface area (Å²) in [5.74, 6) is 0. The first-order valence-electron chi connectivity index (χ1n) is 4.28. The van der Waals surface area contributed by atoms with Crippen LogP contribution in [0.4, 0.5) is 0 Å². The van der Waals surface area contributed by atoms with Crippen molar-refractivity contribution < 1.29 is 0 Å². The summed E-state index contributed by atoms with van der Waals surface area (Å²) in [6.45, 7) is 6.27. The number of rotatable bonds is 1. The Hall–Kier alpha value is -0.600. The van der Waals surface area contributed by atoms with Gasteiger partial charge in [0.2, 0.25) is 0 Å². The van der Waals surface area contributed by atoms with Gasteiger partial charge in [0.15, 0.2) is 0 Å². The summed E-state index contributed by atoms with van der Waals surface area (Å²) in [4.78, 5) is 4.19. The second-order valence-electron chi connectivity index (χ2n) is 4.24. The lowest BCUT2D eigenvalue weighted by Gasteiger charge is -2.26. The first kappa shape index (κ1) is 10.5. The Kier molecular flexibility index (Phi) is 2.94. The van der Waals surface area contributed by atoms with Crippen molar-refractivity contribution >= 4 is 11.6 Å². The molecule has 1 unspecified atom stereocenters. The Balaban J connectivity index is 2.90. The minimum Gasteiger partial charge on any atom is -0.322 e. The third kappa shape index (κ3) is 2.68. The van der Waals surface area contributed by atoms with E-state index >= 15 is 0 Å². The van der Waals surface area contributed by atoms with Crippen LogP contribution in [0.25, 0.3) is 0 Å². The van der Waals surface area contributed by atoms with Crippen LogP contribution in [0.15, 0.2) is 18.3 Å². The van der Waals surface area contributed by atoms with E-state index in [2.05, 4.69) is 25.8 Å². The molecule has 2 nitrogen and oxygen atoms in total. The van der Waals surface area contributed by atoms with Gasteiger partial charge in [0.05, 0.1) is 16.8 Å². The van der Waals surface area contributed by atoms with Crippen molar-refractivity contribution in [1.82, 2.24) is 4.98 Å². The molecule has 0 fully saturated rings. The molecule has 0 bridgehead atoms. The van der Waals surface area contributed by atoms with Gasteiger partial charge in [0.25, 0.3) is 0 Å². The molecule has 1 rings (SSSR count). The van der Waals surface area contributed by atoms with Gasteiger partial charge in [-0.05, 0) is 17.5 Å². The maximum Gasteiger partial charge on any atom is 0.0589 e. The second-order valence-corrected chi connectivity index (χ2v) is 4.68. The van der Waals surface area contributed by atoms with Crippen LogP contribution in [0, 0.1) is 5.41 Å². The van der Waals surface area contributed by atoms with Crippen molar-refractivity contribution in [2.45, 2.75) is 26.8 Å². The monoisotopic (exact) mass is 198 g/mol. The molecular formula is C10H15ClN2. The minimum atomic E-state index is -0.0511. The van der Waals surface area contributed by atoms with Gasteiger partial charge in [-0.25, -0.2) is 0 Å². The number of aromatic nitrogens is 1. The highest BCUT2D eigenvalue weighted by Gasteiger charge is 2.22. The molecule has 1 aromatic heterocycles. The number of hydrogen-bond acceptors (Lipinski definition) is 2. The average molecular weight is 199 g/mol. The Morgan fingerprint density at radius 2 is 2.00 bits per heavy atom. The zero-order chi connectivity index (χ0) is 10.1. The summed E-state index contributed by atoms with van der Waals surface area (Å²) in [6, 6.07) is 3.64. The van der Waals surface area contributed by atoms with E-state index in [1.165, 1.54) is 0 Å². The summed E-state index contributed by atoms with van der Waals surface area (Å²) in [5, 5.41) is 0.643.